The Morgan fingerprint density at radius 2 is 1.83 bits per heavy atom. The van der Waals surface area contributed by atoms with Crippen LogP contribution in [0.25, 0.3) is 10.9 Å². The molecule has 2 atom stereocenters. The normalized spacial score (nSPS) is 18.7. The lowest BCUT2D eigenvalue weighted by Crippen LogP contribution is -2.29. The molecule has 156 valence electrons. The van der Waals surface area contributed by atoms with Crippen molar-refractivity contribution in [1.29, 1.82) is 0 Å². The number of carbonyl (C=O) groups is 2. The van der Waals surface area contributed by atoms with Crippen LogP contribution in [0.2, 0.25) is 0 Å². The molecule has 30 heavy (non-hydrogen) atoms. The van der Waals surface area contributed by atoms with Crippen molar-refractivity contribution < 1.29 is 19.1 Å². The molecule has 0 saturated carbocycles. The summed E-state index contributed by atoms with van der Waals surface area (Å²) >= 11 is 3.58. The number of alkyl halides is 1. The van der Waals surface area contributed by atoms with Crippen LogP contribution in [0.4, 0.5) is 0 Å². The fourth-order valence-corrected chi connectivity index (χ4v) is 4.95. The van der Waals surface area contributed by atoms with Crippen LogP contribution in [0.15, 0.2) is 48.5 Å². The van der Waals surface area contributed by atoms with E-state index in [0.717, 1.165) is 45.2 Å². The molecule has 0 radical (unpaired) electrons. The Bertz CT molecular complexity index is 1090. The van der Waals surface area contributed by atoms with Crippen molar-refractivity contribution in [1.82, 2.24) is 4.57 Å². The highest BCUT2D eigenvalue weighted by Crippen LogP contribution is 2.42. The number of halogens is 1. The molecule has 0 aliphatic carbocycles. The van der Waals surface area contributed by atoms with Gasteiger partial charge in [0, 0.05) is 22.3 Å². The smallest absolute Gasteiger partial charge is 0.318 e. The first-order valence-corrected chi connectivity index (χ1v) is 11.2. The number of benzene rings is 2. The summed E-state index contributed by atoms with van der Waals surface area (Å²) in [6, 6.07) is 15.9. The minimum absolute atomic E-state index is 0.00374. The predicted octanol–water partition coefficient (Wildman–Crippen LogP) is 4.94. The molecule has 6 heteroatoms. The Hall–Kier alpha value is -2.60. The van der Waals surface area contributed by atoms with Crippen molar-refractivity contribution in [3.05, 3.63) is 65.4 Å². The van der Waals surface area contributed by atoms with Gasteiger partial charge in [-0.3, -0.25) is 14.2 Å². The number of esters is 1. The van der Waals surface area contributed by atoms with Crippen LogP contribution in [0.3, 0.4) is 0 Å². The van der Waals surface area contributed by atoms with Gasteiger partial charge in [-0.1, -0.05) is 46.3 Å². The summed E-state index contributed by atoms with van der Waals surface area (Å²) in [7, 11) is 2.98. The fourth-order valence-electron chi connectivity index (χ4n) is 4.56. The van der Waals surface area contributed by atoms with E-state index in [0.29, 0.717) is 12.8 Å². The molecule has 0 bridgehead atoms. The monoisotopic (exact) mass is 469 g/mol. The van der Waals surface area contributed by atoms with E-state index in [2.05, 4.69) is 22.0 Å². The maximum absolute atomic E-state index is 13.6. The predicted molar refractivity (Wildman–Crippen MR) is 120 cm³/mol. The largest absolute Gasteiger partial charge is 0.497 e. The minimum atomic E-state index is -0.801. The Labute approximate surface area is 184 Å². The molecule has 1 aliphatic heterocycles. The zero-order valence-corrected chi connectivity index (χ0v) is 18.6. The van der Waals surface area contributed by atoms with Crippen LogP contribution in [0, 0.1) is 5.92 Å². The van der Waals surface area contributed by atoms with Gasteiger partial charge in [0.1, 0.15) is 11.7 Å². The molecule has 2 aromatic carbocycles. The standard InChI is InChI=1S/C24H24BrNO4/c1-29-16-9-7-15(8-10-16)17-11-12-20(24(28)30-2)23(27)26-21-6-4-3-5-18(21)19(13-14-25)22(17)26/h3-10,17,20H,11-14H2,1-2H3/t17-,20-/m0/s1. The molecule has 0 N–H and O–H groups in total. The molecule has 2 heterocycles. The number of fused-ring (bicyclic) bond motifs is 3. The molecule has 0 spiro atoms. The SMILES string of the molecule is COC(=O)[C@H]1CC[C@@H](c2ccc(OC)cc2)c2c(CCBr)c3ccccc3n2C1=O. The molecule has 0 unspecified atom stereocenters. The van der Waals surface area contributed by atoms with Gasteiger partial charge in [-0.05, 0) is 48.6 Å². The van der Waals surface area contributed by atoms with Gasteiger partial charge in [0.15, 0.2) is 0 Å². The van der Waals surface area contributed by atoms with Crippen LogP contribution in [-0.4, -0.2) is 36.0 Å². The first-order chi connectivity index (χ1) is 14.6. The topological polar surface area (TPSA) is 57.5 Å². The molecule has 0 saturated heterocycles. The van der Waals surface area contributed by atoms with Crippen LogP contribution < -0.4 is 4.74 Å². The lowest BCUT2D eigenvalue weighted by molar-refractivity contribution is -0.144. The van der Waals surface area contributed by atoms with E-state index in [1.165, 1.54) is 7.11 Å². The quantitative estimate of drug-likeness (QED) is 0.301. The van der Waals surface area contributed by atoms with E-state index in [9.17, 15) is 9.59 Å². The average molecular weight is 470 g/mol. The first kappa shape index (κ1) is 20.7. The van der Waals surface area contributed by atoms with Crippen molar-refractivity contribution in [2.24, 2.45) is 5.92 Å². The van der Waals surface area contributed by atoms with E-state index in [1.807, 2.05) is 42.5 Å². The second-order valence-corrected chi connectivity index (χ2v) is 8.27. The van der Waals surface area contributed by atoms with Crippen molar-refractivity contribution in [2.75, 3.05) is 19.5 Å². The van der Waals surface area contributed by atoms with Crippen LogP contribution in [0.5, 0.6) is 5.75 Å². The average Bonchev–Trinajstić information content (AvgIpc) is 3.01. The summed E-state index contributed by atoms with van der Waals surface area (Å²) in [5.74, 6) is -0.691. The molecule has 1 aliphatic rings. The van der Waals surface area contributed by atoms with Gasteiger partial charge in [0.05, 0.1) is 19.7 Å². The van der Waals surface area contributed by atoms with E-state index in [4.69, 9.17) is 9.47 Å². The lowest BCUT2D eigenvalue weighted by Gasteiger charge is -2.19. The third-order valence-electron chi connectivity index (χ3n) is 5.96. The zero-order valence-electron chi connectivity index (χ0n) is 17.1. The Balaban J connectivity index is 1.98. The van der Waals surface area contributed by atoms with Crippen molar-refractivity contribution >= 4 is 38.7 Å². The number of hydrogen-bond acceptors (Lipinski definition) is 4. The van der Waals surface area contributed by atoms with Crippen molar-refractivity contribution in [3.8, 4) is 5.75 Å². The van der Waals surface area contributed by atoms with Gasteiger partial charge in [-0.15, -0.1) is 0 Å². The number of aryl methyl sites for hydroxylation is 1. The Kier molecular flexibility index (Phi) is 5.95. The molecule has 1 aromatic heterocycles. The summed E-state index contributed by atoms with van der Waals surface area (Å²) in [6.07, 6.45) is 1.93. The van der Waals surface area contributed by atoms with Gasteiger partial charge in [-0.2, -0.15) is 0 Å². The molecule has 3 aromatic rings. The third-order valence-corrected chi connectivity index (χ3v) is 6.36. The van der Waals surface area contributed by atoms with Crippen molar-refractivity contribution in [3.63, 3.8) is 0 Å². The summed E-state index contributed by atoms with van der Waals surface area (Å²) in [5, 5.41) is 1.85. The van der Waals surface area contributed by atoms with Crippen molar-refractivity contribution in [2.45, 2.75) is 25.2 Å². The highest BCUT2D eigenvalue weighted by Gasteiger charge is 2.38. The molecule has 0 fully saturated rings. The molecule has 0 amide bonds. The van der Waals surface area contributed by atoms with Gasteiger partial charge in [-0.25, -0.2) is 0 Å². The van der Waals surface area contributed by atoms with Gasteiger partial charge >= 0.3 is 5.97 Å². The number of hydrogen-bond donors (Lipinski definition) is 0. The summed E-state index contributed by atoms with van der Waals surface area (Å²) in [5.41, 5.74) is 4.09. The van der Waals surface area contributed by atoms with E-state index >= 15 is 0 Å². The molecular weight excluding hydrogens is 446 g/mol. The van der Waals surface area contributed by atoms with E-state index in [-0.39, 0.29) is 11.8 Å². The van der Waals surface area contributed by atoms with E-state index in [1.54, 1.807) is 11.7 Å². The Morgan fingerprint density at radius 1 is 1.10 bits per heavy atom. The first-order valence-electron chi connectivity index (χ1n) is 10.0. The van der Waals surface area contributed by atoms with Crippen LogP contribution >= 0.6 is 15.9 Å². The van der Waals surface area contributed by atoms with Crippen LogP contribution in [-0.2, 0) is 16.0 Å². The highest BCUT2D eigenvalue weighted by molar-refractivity contribution is 9.09. The van der Waals surface area contributed by atoms with E-state index < -0.39 is 11.9 Å². The number of methoxy groups -OCH3 is 2. The van der Waals surface area contributed by atoms with Crippen LogP contribution in [0.1, 0.15) is 40.4 Å². The molecular formula is C24H24BrNO4. The maximum atomic E-state index is 13.6. The number of ether oxygens (including phenoxy) is 2. The number of aromatic nitrogens is 1. The fraction of sp³-hybridized carbons (Fsp3) is 0.333. The molecule has 4 rings (SSSR count). The summed E-state index contributed by atoms with van der Waals surface area (Å²) in [4.78, 5) is 26.0. The summed E-state index contributed by atoms with van der Waals surface area (Å²) in [6.45, 7) is 0. The molecule has 5 nitrogen and oxygen atoms in total. The maximum Gasteiger partial charge on any atom is 0.318 e. The van der Waals surface area contributed by atoms with Gasteiger partial charge in [0.25, 0.3) is 0 Å². The zero-order chi connectivity index (χ0) is 21.3. The number of carbonyl (C=O) groups excluding carboxylic acids is 2. The second-order valence-electron chi connectivity index (χ2n) is 7.47. The second kappa shape index (κ2) is 8.64. The lowest BCUT2D eigenvalue weighted by atomic mass is 9.87. The summed E-state index contributed by atoms with van der Waals surface area (Å²) < 4.78 is 12.1. The van der Waals surface area contributed by atoms with Gasteiger partial charge in [0.2, 0.25) is 5.91 Å². The number of para-hydroxylation sites is 1. The Morgan fingerprint density at radius 3 is 2.50 bits per heavy atom. The third kappa shape index (κ3) is 3.43. The minimum Gasteiger partial charge on any atom is -0.497 e. The highest BCUT2D eigenvalue weighted by atomic mass is 79.9. The number of nitrogens with zero attached hydrogens (tertiary/aromatic N) is 1. The van der Waals surface area contributed by atoms with Gasteiger partial charge < -0.3 is 9.47 Å². The number of rotatable bonds is 5.